The number of rotatable bonds is 5. The SMILES string of the molecule is CCC(C)CC(C)NC(=O)NC1CCC1. The van der Waals surface area contributed by atoms with Crippen molar-refractivity contribution in [3.8, 4) is 0 Å². The van der Waals surface area contributed by atoms with Crippen LogP contribution in [0.1, 0.15) is 52.9 Å². The summed E-state index contributed by atoms with van der Waals surface area (Å²) in [6.45, 7) is 6.49. The molecule has 1 aliphatic carbocycles. The van der Waals surface area contributed by atoms with Crippen molar-refractivity contribution in [1.29, 1.82) is 0 Å². The van der Waals surface area contributed by atoms with Crippen LogP contribution < -0.4 is 10.6 Å². The van der Waals surface area contributed by atoms with Crippen molar-refractivity contribution in [2.24, 2.45) is 5.92 Å². The van der Waals surface area contributed by atoms with E-state index >= 15 is 0 Å². The molecule has 2 atom stereocenters. The lowest BCUT2D eigenvalue weighted by Gasteiger charge is -2.27. The molecule has 0 aliphatic heterocycles. The van der Waals surface area contributed by atoms with Gasteiger partial charge in [0.1, 0.15) is 0 Å². The van der Waals surface area contributed by atoms with E-state index in [9.17, 15) is 4.79 Å². The Morgan fingerprint density at radius 3 is 2.53 bits per heavy atom. The van der Waals surface area contributed by atoms with Crippen molar-refractivity contribution >= 4 is 6.03 Å². The molecule has 0 aromatic heterocycles. The summed E-state index contributed by atoms with van der Waals surface area (Å²) in [6, 6.07) is 0.719. The van der Waals surface area contributed by atoms with Crippen LogP contribution in [-0.2, 0) is 0 Å². The number of nitrogens with one attached hydrogen (secondary N) is 2. The van der Waals surface area contributed by atoms with Crippen molar-refractivity contribution in [3.05, 3.63) is 0 Å². The highest BCUT2D eigenvalue weighted by molar-refractivity contribution is 5.74. The minimum Gasteiger partial charge on any atom is -0.336 e. The summed E-state index contributed by atoms with van der Waals surface area (Å²) < 4.78 is 0. The van der Waals surface area contributed by atoms with E-state index in [2.05, 4.69) is 31.4 Å². The second-order valence-electron chi connectivity index (χ2n) is 4.90. The number of urea groups is 1. The van der Waals surface area contributed by atoms with Gasteiger partial charge < -0.3 is 10.6 Å². The smallest absolute Gasteiger partial charge is 0.315 e. The van der Waals surface area contributed by atoms with Gasteiger partial charge in [0.05, 0.1) is 0 Å². The zero-order valence-corrected chi connectivity index (χ0v) is 10.2. The Morgan fingerprint density at radius 2 is 2.07 bits per heavy atom. The van der Waals surface area contributed by atoms with Crippen molar-refractivity contribution in [2.75, 3.05) is 0 Å². The summed E-state index contributed by atoms with van der Waals surface area (Å²) in [5.74, 6) is 0.684. The third-order valence-corrected chi connectivity index (χ3v) is 3.27. The molecule has 0 aromatic rings. The van der Waals surface area contributed by atoms with Crippen LogP contribution in [0.5, 0.6) is 0 Å². The third kappa shape index (κ3) is 4.54. The van der Waals surface area contributed by atoms with E-state index in [-0.39, 0.29) is 12.1 Å². The maximum atomic E-state index is 11.5. The summed E-state index contributed by atoms with van der Waals surface area (Å²) in [4.78, 5) is 11.5. The Hall–Kier alpha value is -0.730. The number of amides is 2. The second kappa shape index (κ2) is 5.99. The molecule has 3 nitrogen and oxygen atoms in total. The molecule has 1 rings (SSSR count). The van der Waals surface area contributed by atoms with Crippen LogP contribution in [0.2, 0.25) is 0 Å². The van der Waals surface area contributed by atoms with E-state index in [0.29, 0.717) is 12.0 Å². The van der Waals surface area contributed by atoms with Crippen LogP contribution in [0.15, 0.2) is 0 Å². The summed E-state index contributed by atoms with van der Waals surface area (Å²) in [5.41, 5.74) is 0. The van der Waals surface area contributed by atoms with Crippen LogP contribution in [0, 0.1) is 5.92 Å². The molecule has 2 unspecified atom stereocenters. The minimum atomic E-state index is 0.00973. The van der Waals surface area contributed by atoms with Gasteiger partial charge in [0, 0.05) is 12.1 Å². The lowest BCUT2D eigenvalue weighted by molar-refractivity contribution is 0.223. The quantitative estimate of drug-likeness (QED) is 0.722. The molecule has 2 N–H and O–H groups in total. The molecule has 15 heavy (non-hydrogen) atoms. The highest BCUT2D eigenvalue weighted by Crippen LogP contribution is 2.17. The van der Waals surface area contributed by atoms with E-state index in [4.69, 9.17) is 0 Å². The van der Waals surface area contributed by atoms with Gasteiger partial charge in [0.25, 0.3) is 0 Å². The third-order valence-electron chi connectivity index (χ3n) is 3.27. The van der Waals surface area contributed by atoms with E-state index in [1.165, 1.54) is 12.8 Å². The summed E-state index contributed by atoms with van der Waals surface area (Å²) in [6.07, 6.45) is 5.79. The molecular formula is C12H24N2O. The molecule has 0 saturated heterocycles. The van der Waals surface area contributed by atoms with Crippen LogP contribution in [0.25, 0.3) is 0 Å². The largest absolute Gasteiger partial charge is 0.336 e. The van der Waals surface area contributed by atoms with Gasteiger partial charge in [0.2, 0.25) is 0 Å². The Balaban J connectivity index is 2.12. The maximum absolute atomic E-state index is 11.5. The molecule has 1 aliphatic rings. The predicted molar refractivity (Wildman–Crippen MR) is 62.8 cm³/mol. The fourth-order valence-corrected chi connectivity index (χ4v) is 1.83. The molecule has 3 heteroatoms. The van der Waals surface area contributed by atoms with E-state index in [1.54, 1.807) is 0 Å². The van der Waals surface area contributed by atoms with Gasteiger partial charge in [-0.25, -0.2) is 4.79 Å². The van der Waals surface area contributed by atoms with Crippen molar-refractivity contribution in [1.82, 2.24) is 10.6 Å². The molecule has 88 valence electrons. The van der Waals surface area contributed by atoms with E-state index < -0.39 is 0 Å². The topological polar surface area (TPSA) is 41.1 Å². The molecule has 0 spiro atoms. The number of hydrogen-bond acceptors (Lipinski definition) is 1. The summed E-state index contributed by atoms with van der Waals surface area (Å²) in [7, 11) is 0. The maximum Gasteiger partial charge on any atom is 0.315 e. The summed E-state index contributed by atoms with van der Waals surface area (Å²) in [5, 5.41) is 5.98. The molecule has 0 aromatic carbocycles. The van der Waals surface area contributed by atoms with E-state index in [1.807, 2.05) is 0 Å². The Morgan fingerprint density at radius 1 is 1.40 bits per heavy atom. The van der Waals surface area contributed by atoms with Gasteiger partial charge in [-0.2, -0.15) is 0 Å². The van der Waals surface area contributed by atoms with Gasteiger partial charge in [-0.3, -0.25) is 0 Å². The number of carbonyl (C=O) groups is 1. The van der Waals surface area contributed by atoms with Crippen LogP contribution in [0.3, 0.4) is 0 Å². The fraction of sp³-hybridized carbons (Fsp3) is 0.917. The molecular weight excluding hydrogens is 188 g/mol. The molecule has 1 saturated carbocycles. The number of carbonyl (C=O) groups excluding carboxylic acids is 1. The Labute approximate surface area is 93.0 Å². The highest BCUT2D eigenvalue weighted by Gasteiger charge is 2.20. The first-order chi connectivity index (χ1) is 7.11. The normalized spacial score (nSPS) is 20.2. The zero-order chi connectivity index (χ0) is 11.3. The van der Waals surface area contributed by atoms with Gasteiger partial charge in [-0.15, -0.1) is 0 Å². The second-order valence-corrected chi connectivity index (χ2v) is 4.90. The monoisotopic (exact) mass is 212 g/mol. The van der Waals surface area contributed by atoms with Crippen LogP contribution in [0.4, 0.5) is 4.79 Å². The van der Waals surface area contributed by atoms with Crippen molar-refractivity contribution in [2.45, 2.75) is 65.0 Å². The summed E-state index contributed by atoms with van der Waals surface area (Å²) >= 11 is 0. The first-order valence-corrected chi connectivity index (χ1v) is 6.18. The highest BCUT2D eigenvalue weighted by atomic mass is 16.2. The molecule has 0 radical (unpaired) electrons. The predicted octanol–water partition coefficient (Wildman–Crippen LogP) is 2.66. The lowest BCUT2D eigenvalue weighted by Crippen LogP contribution is -2.48. The number of hydrogen-bond donors (Lipinski definition) is 2. The first-order valence-electron chi connectivity index (χ1n) is 6.18. The van der Waals surface area contributed by atoms with Crippen molar-refractivity contribution in [3.63, 3.8) is 0 Å². The molecule has 0 heterocycles. The van der Waals surface area contributed by atoms with Gasteiger partial charge >= 0.3 is 6.03 Å². The van der Waals surface area contributed by atoms with Gasteiger partial charge in [0.15, 0.2) is 0 Å². The minimum absolute atomic E-state index is 0.00973. The van der Waals surface area contributed by atoms with Crippen LogP contribution in [-0.4, -0.2) is 18.1 Å². The first kappa shape index (κ1) is 12.3. The zero-order valence-electron chi connectivity index (χ0n) is 10.2. The van der Waals surface area contributed by atoms with Gasteiger partial charge in [-0.05, 0) is 38.5 Å². The van der Waals surface area contributed by atoms with Gasteiger partial charge in [-0.1, -0.05) is 20.3 Å². The van der Waals surface area contributed by atoms with Crippen molar-refractivity contribution < 1.29 is 4.79 Å². The standard InChI is InChI=1S/C12H24N2O/c1-4-9(2)8-10(3)13-12(15)14-11-6-5-7-11/h9-11H,4-8H2,1-3H3,(H2,13,14,15). The lowest BCUT2D eigenvalue weighted by atomic mass is 9.93. The Kier molecular flexibility index (Phi) is 4.92. The average molecular weight is 212 g/mol. The van der Waals surface area contributed by atoms with E-state index in [0.717, 1.165) is 19.3 Å². The molecule has 1 fully saturated rings. The molecule has 0 bridgehead atoms. The Bertz CT molecular complexity index is 202. The van der Waals surface area contributed by atoms with Crippen LogP contribution >= 0.6 is 0 Å². The molecule has 2 amide bonds. The average Bonchev–Trinajstić information content (AvgIpc) is 2.11. The fourth-order valence-electron chi connectivity index (χ4n) is 1.83.